The van der Waals surface area contributed by atoms with Gasteiger partial charge in [-0.05, 0) is 19.3 Å². The molecule has 0 aromatic carbocycles. The second-order valence-corrected chi connectivity index (χ2v) is 5.00. The number of carboxylic acid groups (broad SMARTS) is 2. The summed E-state index contributed by atoms with van der Waals surface area (Å²) in [5.74, 6) is -2.36. The number of hydrogen-bond acceptors (Lipinski definition) is 4. The number of nitrogens with two attached hydrogens (primary N) is 1. The van der Waals surface area contributed by atoms with E-state index in [-0.39, 0.29) is 24.9 Å². The van der Waals surface area contributed by atoms with E-state index in [1.807, 2.05) is 0 Å². The fourth-order valence-electron chi connectivity index (χ4n) is 2.23. The van der Waals surface area contributed by atoms with Crippen LogP contribution in [0.1, 0.15) is 38.5 Å². The molecule has 0 aliphatic heterocycles. The van der Waals surface area contributed by atoms with Crippen LogP contribution in [0.4, 0.5) is 4.79 Å². The molecule has 2 amide bonds. The molecule has 0 spiro atoms. The molecule has 1 rings (SSSR count). The second-order valence-electron chi connectivity index (χ2n) is 5.00. The average Bonchev–Trinajstić information content (AvgIpc) is 2.36. The molecule has 1 saturated carbocycles. The van der Waals surface area contributed by atoms with Gasteiger partial charge in [-0.3, -0.25) is 4.79 Å². The third kappa shape index (κ3) is 5.43. The first-order valence-electron chi connectivity index (χ1n) is 6.67. The lowest BCUT2D eigenvalue weighted by molar-refractivity contribution is -0.140. The van der Waals surface area contributed by atoms with Crippen molar-refractivity contribution >= 4 is 18.0 Å². The fourth-order valence-corrected chi connectivity index (χ4v) is 2.23. The van der Waals surface area contributed by atoms with Crippen molar-refractivity contribution in [2.24, 2.45) is 5.73 Å². The van der Waals surface area contributed by atoms with E-state index in [0.29, 0.717) is 0 Å². The molecule has 0 heterocycles. The van der Waals surface area contributed by atoms with Gasteiger partial charge in [0.25, 0.3) is 0 Å². The van der Waals surface area contributed by atoms with Crippen molar-refractivity contribution in [3.8, 4) is 0 Å². The maximum absolute atomic E-state index is 11.7. The molecular formula is C12H21N3O5. The van der Waals surface area contributed by atoms with Crippen molar-refractivity contribution < 1.29 is 24.6 Å². The number of aliphatic carboxylic acids is 2. The summed E-state index contributed by atoms with van der Waals surface area (Å²) in [4.78, 5) is 33.1. The Kier molecular flexibility index (Phi) is 6.23. The zero-order valence-electron chi connectivity index (χ0n) is 11.2. The summed E-state index contributed by atoms with van der Waals surface area (Å²) in [6, 6.07) is -2.13. The SMILES string of the molecule is NC1CCCCC1NC(=O)NC(CCC(=O)O)C(=O)O. The average molecular weight is 287 g/mol. The highest BCUT2D eigenvalue weighted by molar-refractivity contribution is 5.83. The van der Waals surface area contributed by atoms with Crippen LogP contribution in [0.15, 0.2) is 0 Å². The van der Waals surface area contributed by atoms with Gasteiger partial charge in [0.15, 0.2) is 0 Å². The van der Waals surface area contributed by atoms with Crippen LogP contribution in [0.2, 0.25) is 0 Å². The van der Waals surface area contributed by atoms with Crippen LogP contribution in [0.25, 0.3) is 0 Å². The zero-order chi connectivity index (χ0) is 15.1. The highest BCUT2D eigenvalue weighted by atomic mass is 16.4. The fraction of sp³-hybridized carbons (Fsp3) is 0.750. The Labute approximate surface area is 116 Å². The Hall–Kier alpha value is -1.83. The molecule has 6 N–H and O–H groups in total. The molecule has 0 aromatic heterocycles. The van der Waals surface area contributed by atoms with Gasteiger partial charge in [0.05, 0.1) is 0 Å². The van der Waals surface area contributed by atoms with Gasteiger partial charge in [-0.25, -0.2) is 9.59 Å². The van der Waals surface area contributed by atoms with Crippen LogP contribution in [0, 0.1) is 0 Å². The standard InChI is InChI=1S/C12H21N3O5/c13-7-3-1-2-4-8(7)14-12(20)15-9(11(18)19)5-6-10(16)17/h7-9H,1-6,13H2,(H,16,17)(H,18,19)(H2,14,15,20). The molecule has 20 heavy (non-hydrogen) atoms. The highest BCUT2D eigenvalue weighted by Crippen LogP contribution is 2.16. The first kappa shape index (κ1) is 16.2. The maximum atomic E-state index is 11.7. The smallest absolute Gasteiger partial charge is 0.326 e. The zero-order valence-corrected chi connectivity index (χ0v) is 11.2. The molecule has 3 atom stereocenters. The number of urea groups is 1. The largest absolute Gasteiger partial charge is 0.481 e. The first-order chi connectivity index (χ1) is 9.40. The van der Waals surface area contributed by atoms with Crippen LogP contribution in [0.5, 0.6) is 0 Å². The van der Waals surface area contributed by atoms with E-state index in [1.165, 1.54) is 0 Å². The summed E-state index contributed by atoms with van der Waals surface area (Å²) in [5, 5.41) is 22.4. The number of nitrogens with one attached hydrogen (secondary N) is 2. The third-order valence-electron chi connectivity index (χ3n) is 3.39. The van der Waals surface area contributed by atoms with Crippen LogP contribution >= 0.6 is 0 Å². The lowest BCUT2D eigenvalue weighted by Crippen LogP contribution is -2.54. The number of carbonyl (C=O) groups excluding carboxylic acids is 1. The van der Waals surface area contributed by atoms with E-state index in [9.17, 15) is 14.4 Å². The molecule has 0 radical (unpaired) electrons. The van der Waals surface area contributed by atoms with Gasteiger partial charge >= 0.3 is 18.0 Å². The quantitative estimate of drug-likeness (QED) is 0.461. The molecule has 1 fully saturated rings. The van der Waals surface area contributed by atoms with Gasteiger partial charge in [0, 0.05) is 18.5 Å². The van der Waals surface area contributed by atoms with Crippen LogP contribution < -0.4 is 16.4 Å². The minimum Gasteiger partial charge on any atom is -0.481 e. The monoisotopic (exact) mass is 287 g/mol. The summed E-state index contributed by atoms with van der Waals surface area (Å²) in [5.41, 5.74) is 5.88. The van der Waals surface area contributed by atoms with Crippen LogP contribution in [0.3, 0.4) is 0 Å². The summed E-state index contributed by atoms with van der Waals surface area (Å²) in [6.45, 7) is 0. The molecule has 3 unspecified atom stereocenters. The first-order valence-corrected chi connectivity index (χ1v) is 6.67. The predicted octanol–water partition coefficient (Wildman–Crippen LogP) is -0.126. The molecule has 0 saturated heterocycles. The van der Waals surface area contributed by atoms with Crippen LogP contribution in [-0.4, -0.2) is 46.3 Å². The van der Waals surface area contributed by atoms with Gasteiger partial charge in [0.2, 0.25) is 0 Å². The lowest BCUT2D eigenvalue weighted by atomic mass is 9.91. The number of carboxylic acids is 2. The minimum absolute atomic E-state index is 0.128. The number of carbonyl (C=O) groups is 3. The molecule has 0 aromatic rings. The summed E-state index contributed by atoms with van der Waals surface area (Å²) in [7, 11) is 0. The third-order valence-corrected chi connectivity index (χ3v) is 3.39. The summed E-state index contributed by atoms with van der Waals surface area (Å²) in [6.07, 6.45) is 3.11. The van der Waals surface area contributed by atoms with Gasteiger partial charge in [-0.2, -0.15) is 0 Å². The summed E-state index contributed by atoms with van der Waals surface area (Å²) >= 11 is 0. The van der Waals surface area contributed by atoms with E-state index in [0.717, 1.165) is 25.7 Å². The van der Waals surface area contributed by atoms with E-state index in [4.69, 9.17) is 15.9 Å². The highest BCUT2D eigenvalue weighted by Gasteiger charge is 2.26. The molecule has 114 valence electrons. The van der Waals surface area contributed by atoms with Crippen molar-refractivity contribution in [2.45, 2.75) is 56.7 Å². The molecule has 0 bridgehead atoms. The van der Waals surface area contributed by atoms with Crippen molar-refractivity contribution in [1.82, 2.24) is 10.6 Å². The van der Waals surface area contributed by atoms with Gasteiger partial charge in [0.1, 0.15) is 6.04 Å². The van der Waals surface area contributed by atoms with Crippen molar-refractivity contribution in [3.05, 3.63) is 0 Å². The molecular weight excluding hydrogens is 266 g/mol. The minimum atomic E-state index is -1.26. The predicted molar refractivity (Wildman–Crippen MR) is 70.2 cm³/mol. The van der Waals surface area contributed by atoms with E-state index < -0.39 is 24.0 Å². The number of hydrogen-bond donors (Lipinski definition) is 5. The Morgan fingerprint density at radius 3 is 2.40 bits per heavy atom. The van der Waals surface area contributed by atoms with E-state index in [1.54, 1.807) is 0 Å². The van der Waals surface area contributed by atoms with E-state index >= 15 is 0 Å². The topological polar surface area (TPSA) is 142 Å². The molecule has 8 heteroatoms. The number of amides is 2. The van der Waals surface area contributed by atoms with Crippen LogP contribution in [-0.2, 0) is 9.59 Å². The molecule has 8 nitrogen and oxygen atoms in total. The van der Waals surface area contributed by atoms with Gasteiger partial charge in [-0.15, -0.1) is 0 Å². The van der Waals surface area contributed by atoms with Gasteiger partial charge < -0.3 is 26.6 Å². The summed E-state index contributed by atoms with van der Waals surface area (Å²) < 4.78 is 0. The molecule has 1 aliphatic carbocycles. The second kappa shape index (κ2) is 7.68. The maximum Gasteiger partial charge on any atom is 0.326 e. The van der Waals surface area contributed by atoms with Crippen molar-refractivity contribution in [2.75, 3.05) is 0 Å². The molecule has 1 aliphatic rings. The number of rotatable bonds is 6. The Morgan fingerprint density at radius 1 is 1.20 bits per heavy atom. The lowest BCUT2D eigenvalue weighted by Gasteiger charge is -2.29. The van der Waals surface area contributed by atoms with E-state index in [2.05, 4.69) is 10.6 Å². The Bertz CT molecular complexity index is 374. The Balaban J connectivity index is 2.44. The Morgan fingerprint density at radius 2 is 1.85 bits per heavy atom. The van der Waals surface area contributed by atoms with Crippen molar-refractivity contribution in [3.63, 3.8) is 0 Å². The van der Waals surface area contributed by atoms with Crippen molar-refractivity contribution in [1.29, 1.82) is 0 Å². The van der Waals surface area contributed by atoms with Gasteiger partial charge in [-0.1, -0.05) is 12.8 Å². The normalized spacial score (nSPS) is 23.6.